The van der Waals surface area contributed by atoms with Crippen molar-refractivity contribution in [1.29, 1.82) is 0 Å². The van der Waals surface area contributed by atoms with Crippen LogP contribution < -0.4 is 5.46 Å². The lowest BCUT2D eigenvalue weighted by molar-refractivity contribution is 1.22. The number of rotatable bonds is 0. The lowest BCUT2D eigenvalue weighted by Gasteiger charge is -1.96. The fraction of sp³-hybridized carbons (Fsp3) is 0.167. The minimum Gasteiger partial charge on any atom is -0.242 e. The molecule has 9 heavy (non-hydrogen) atoms. The summed E-state index contributed by atoms with van der Waals surface area (Å²) in [4.78, 5) is 4.04. The fourth-order valence-corrected chi connectivity index (χ4v) is 0.790. The molecule has 46 valence electrons. The Balaban J connectivity index is 3.17. The third kappa shape index (κ3) is 1.45. The van der Waals surface area contributed by atoms with Crippen molar-refractivity contribution in [3.8, 4) is 0 Å². The summed E-state index contributed by atoms with van der Waals surface area (Å²) in [6.07, 6.45) is 0. The van der Waals surface area contributed by atoms with E-state index in [1.165, 1.54) is 5.46 Å². The number of pyridine rings is 1. The van der Waals surface area contributed by atoms with E-state index in [1.807, 2.05) is 20.8 Å². The zero-order valence-corrected chi connectivity index (χ0v) is 6.24. The predicted octanol–water partition coefficient (Wildman–Crippen LogP) is 0.302. The molecule has 0 aliphatic rings. The van der Waals surface area contributed by atoms with Crippen molar-refractivity contribution in [2.45, 2.75) is 6.92 Å². The van der Waals surface area contributed by atoms with Crippen LogP contribution in [0.1, 0.15) is 5.69 Å². The number of aromatic nitrogens is 1. The van der Waals surface area contributed by atoms with Gasteiger partial charge >= 0.3 is 0 Å². The summed E-state index contributed by atoms with van der Waals surface area (Å²) in [5.41, 5.74) is 2.18. The molecular formula is C6H7BClN. The molecule has 0 fully saturated rings. The Kier molecular flexibility index (Phi) is 1.77. The highest BCUT2D eigenvalue weighted by Gasteiger charge is 1.92. The first kappa shape index (κ1) is 6.62. The minimum absolute atomic E-state index is 0.568. The SMILES string of the molecule is Bc1ccc(Cl)nc1C. The third-order valence-corrected chi connectivity index (χ3v) is 1.53. The summed E-state index contributed by atoms with van der Waals surface area (Å²) < 4.78 is 0. The van der Waals surface area contributed by atoms with Gasteiger partial charge in [0.1, 0.15) is 13.0 Å². The van der Waals surface area contributed by atoms with E-state index in [2.05, 4.69) is 4.98 Å². The average Bonchev–Trinajstić information content (AvgIpc) is 1.80. The predicted molar refractivity (Wildman–Crippen MR) is 42.2 cm³/mol. The van der Waals surface area contributed by atoms with Gasteiger partial charge in [0.15, 0.2) is 0 Å². The Morgan fingerprint density at radius 3 is 2.67 bits per heavy atom. The van der Waals surface area contributed by atoms with E-state index in [0.717, 1.165) is 5.69 Å². The molecule has 0 radical (unpaired) electrons. The first-order chi connectivity index (χ1) is 4.20. The summed E-state index contributed by atoms with van der Waals surface area (Å²) in [5, 5.41) is 0.568. The molecule has 1 aromatic rings. The van der Waals surface area contributed by atoms with E-state index in [4.69, 9.17) is 11.6 Å². The van der Waals surface area contributed by atoms with E-state index in [1.54, 1.807) is 6.07 Å². The van der Waals surface area contributed by atoms with Crippen molar-refractivity contribution in [3.05, 3.63) is 23.0 Å². The van der Waals surface area contributed by atoms with Gasteiger partial charge in [-0.2, -0.15) is 0 Å². The second-order valence-electron chi connectivity index (χ2n) is 2.04. The largest absolute Gasteiger partial charge is 0.242 e. The maximum absolute atomic E-state index is 5.61. The van der Waals surface area contributed by atoms with E-state index in [0.29, 0.717) is 5.15 Å². The highest BCUT2D eigenvalue weighted by atomic mass is 35.5. The fourth-order valence-electron chi connectivity index (χ4n) is 0.600. The molecule has 0 bridgehead atoms. The molecule has 1 heterocycles. The van der Waals surface area contributed by atoms with Gasteiger partial charge in [-0.15, -0.1) is 0 Å². The smallest absolute Gasteiger partial charge is 0.141 e. The van der Waals surface area contributed by atoms with Crippen LogP contribution in [-0.4, -0.2) is 12.8 Å². The molecule has 0 unspecified atom stereocenters. The van der Waals surface area contributed by atoms with E-state index >= 15 is 0 Å². The van der Waals surface area contributed by atoms with Gasteiger partial charge < -0.3 is 0 Å². The highest BCUT2D eigenvalue weighted by Crippen LogP contribution is 2.00. The Bertz CT molecular complexity index is 224. The molecule has 1 nitrogen and oxygen atoms in total. The van der Waals surface area contributed by atoms with Gasteiger partial charge in [0, 0.05) is 5.69 Å². The second kappa shape index (κ2) is 2.40. The summed E-state index contributed by atoms with van der Waals surface area (Å²) in [6.45, 7) is 1.95. The molecule has 0 aliphatic carbocycles. The quantitative estimate of drug-likeness (QED) is 0.372. The summed E-state index contributed by atoms with van der Waals surface area (Å²) in [5.74, 6) is 0. The first-order valence-corrected chi connectivity index (χ1v) is 3.17. The topological polar surface area (TPSA) is 12.9 Å². The molecule has 1 rings (SSSR count). The molecule has 0 N–H and O–H groups in total. The Morgan fingerprint density at radius 1 is 1.56 bits per heavy atom. The number of hydrogen-bond acceptors (Lipinski definition) is 1. The number of nitrogens with zero attached hydrogens (tertiary/aromatic N) is 1. The monoisotopic (exact) mass is 139 g/mol. The van der Waals surface area contributed by atoms with Crippen molar-refractivity contribution in [2.75, 3.05) is 0 Å². The maximum atomic E-state index is 5.61. The lowest BCUT2D eigenvalue weighted by Crippen LogP contribution is -2.07. The van der Waals surface area contributed by atoms with Crippen molar-refractivity contribution >= 4 is 24.9 Å². The van der Waals surface area contributed by atoms with Gasteiger partial charge in [-0.1, -0.05) is 23.1 Å². The van der Waals surface area contributed by atoms with Gasteiger partial charge in [-0.3, -0.25) is 0 Å². The molecule has 3 heteroatoms. The molecule has 0 atom stereocenters. The number of hydrogen-bond donors (Lipinski definition) is 0. The zero-order valence-electron chi connectivity index (χ0n) is 5.48. The Labute approximate surface area is 60.5 Å². The first-order valence-electron chi connectivity index (χ1n) is 2.80. The van der Waals surface area contributed by atoms with Crippen molar-refractivity contribution in [1.82, 2.24) is 4.98 Å². The molecule has 0 spiro atoms. The van der Waals surface area contributed by atoms with Crippen LogP contribution in [0.4, 0.5) is 0 Å². The summed E-state index contributed by atoms with van der Waals surface area (Å²) >= 11 is 5.61. The van der Waals surface area contributed by atoms with E-state index in [-0.39, 0.29) is 0 Å². The van der Waals surface area contributed by atoms with Crippen LogP contribution in [-0.2, 0) is 0 Å². The lowest BCUT2D eigenvalue weighted by atomic mass is 9.95. The zero-order chi connectivity index (χ0) is 6.85. The van der Waals surface area contributed by atoms with Gasteiger partial charge in [-0.05, 0) is 13.0 Å². The number of aryl methyl sites for hydroxylation is 1. The summed E-state index contributed by atoms with van der Waals surface area (Å²) in [6, 6.07) is 3.76. The second-order valence-corrected chi connectivity index (χ2v) is 2.42. The molecule has 0 saturated carbocycles. The van der Waals surface area contributed by atoms with Crippen LogP contribution in [0.3, 0.4) is 0 Å². The summed E-state index contributed by atoms with van der Waals surface area (Å²) in [7, 11) is 2.01. The van der Waals surface area contributed by atoms with Crippen LogP contribution in [0.2, 0.25) is 5.15 Å². The van der Waals surface area contributed by atoms with Crippen LogP contribution in [0, 0.1) is 6.92 Å². The molecule has 0 amide bonds. The van der Waals surface area contributed by atoms with Crippen LogP contribution in [0.5, 0.6) is 0 Å². The highest BCUT2D eigenvalue weighted by molar-refractivity contribution is 6.34. The average molecular weight is 139 g/mol. The number of halogens is 1. The van der Waals surface area contributed by atoms with Crippen molar-refractivity contribution in [3.63, 3.8) is 0 Å². The van der Waals surface area contributed by atoms with Crippen molar-refractivity contribution in [2.24, 2.45) is 0 Å². The Hall–Kier alpha value is -0.495. The van der Waals surface area contributed by atoms with E-state index < -0.39 is 0 Å². The van der Waals surface area contributed by atoms with Gasteiger partial charge in [0.05, 0.1) is 0 Å². The van der Waals surface area contributed by atoms with Crippen LogP contribution >= 0.6 is 11.6 Å². The molecule has 1 aromatic heterocycles. The van der Waals surface area contributed by atoms with Gasteiger partial charge in [-0.25, -0.2) is 4.98 Å². The van der Waals surface area contributed by atoms with Crippen LogP contribution in [0.15, 0.2) is 12.1 Å². The normalized spacial score (nSPS) is 9.56. The molecule has 0 aromatic carbocycles. The van der Waals surface area contributed by atoms with E-state index in [9.17, 15) is 0 Å². The minimum atomic E-state index is 0.568. The van der Waals surface area contributed by atoms with Gasteiger partial charge in [0.25, 0.3) is 0 Å². The molecule has 0 saturated heterocycles. The maximum Gasteiger partial charge on any atom is 0.141 e. The molecular weight excluding hydrogens is 132 g/mol. The Morgan fingerprint density at radius 2 is 2.22 bits per heavy atom. The van der Waals surface area contributed by atoms with Gasteiger partial charge in [0.2, 0.25) is 0 Å². The third-order valence-electron chi connectivity index (χ3n) is 1.32. The standard InChI is InChI=1S/C6H7BClN/c1-4-5(7)2-3-6(8)9-4/h2-3H,7H2,1H3. The van der Waals surface area contributed by atoms with Crippen molar-refractivity contribution < 1.29 is 0 Å². The molecule has 0 aliphatic heterocycles. The van der Waals surface area contributed by atoms with Crippen LogP contribution in [0.25, 0.3) is 0 Å².